The van der Waals surface area contributed by atoms with Crippen LogP contribution < -0.4 is 10.6 Å². The first-order valence-electron chi connectivity index (χ1n) is 6.82. The molecule has 1 heterocycles. The minimum atomic E-state index is -0.277. The van der Waals surface area contributed by atoms with Crippen LogP contribution in [0.15, 0.2) is 18.5 Å². The summed E-state index contributed by atoms with van der Waals surface area (Å²) >= 11 is 0. The van der Waals surface area contributed by atoms with Crippen molar-refractivity contribution in [3.05, 3.63) is 29.6 Å². The monoisotopic (exact) mass is 287 g/mol. The fraction of sp³-hybridized carbons (Fsp3) is 0.400. The smallest absolute Gasteiger partial charge is 0.252 e. The van der Waals surface area contributed by atoms with Gasteiger partial charge >= 0.3 is 0 Å². The van der Waals surface area contributed by atoms with Gasteiger partial charge in [-0.2, -0.15) is 0 Å². The van der Waals surface area contributed by atoms with E-state index in [2.05, 4.69) is 27.5 Å². The Balaban J connectivity index is 1.83. The molecule has 2 amide bonds. The van der Waals surface area contributed by atoms with Gasteiger partial charge in [0.15, 0.2) is 0 Å². The number of rotatable bonds is 5. The number of hydrogen-bond acceptors (Lipinski definition) is 4. The van der Waals surface area contributed by atoms with Crippen molar-refractivity contribution in [1.29, 1.82) is 0 Å². The van der Waals surface area contributed by atoms with Crippen LogP contribution in [-0.2, 0) is 4.79 Å². The van der Waals surface area contributed by atoms with Gasteiger partial charge in [-0.25, -0.2) is 0 Å². The molecule has 0 saturated heterocycles. The van der Waals surface area contributed by atoms with E-state index in [4.69, 9.17) is 5.11 Å². The average molecular weight is 287 g/mol. The molecule has 0 radical (unpaired) electrons. The number of carbonyl (C=O) groups excluding carboxylic acids is 2. The van der Waals surface area contributed by atoms with E-state index in [9.17, 15) is 9.59 Å². The Bertz CT molecular complexity index is 585. The van der Waals surface area contributed by atoms with Crippen molar-refractivity contribution in [3.63, 3.8) is 0 Å². The summed E-state index contributed by atoms with van der Waals surface area (Å²) in [6, 6.07) is 1.57. The molecule has 6 heteroatoms. The number of aliphatic hydroxyl groups is 1. The van der Waals surface area contributed by atoms with Crippen LogP contribution in [0.3, 0.4) is 0 Å². The zero-order valence-electron chi connectivity index (χ0n) is 11.6. The lowest BCUT2D eigenvalue weighted by atomic mass is 10.1. The molecule has 0 bridgehead atoms. The van der Waals surface area contributed by atoms with Crippen LogP contribution in [0.4, 0.5) is 0 Å². The molecule has 1 aliphatic carbocycles. The molecule has 0 atom stereocenters. The fourth-order valence-corrected chi connectivity index (χ4v) is 1.77. The standard InChI is InChI=1S/C15H17N3O3/c19-9-1-2-12-10-16-6-5-13(12)15(21)18-8-7-17-14(20)11-3-4-11/h5-6,10-11,19H,3-4,7-9H2,(H,17,20)(H,18,21). The van der Waals surface area contributed by atoms with Crippen LogP contribution in [0.5, 0.6) is 0 Å². The van der Waals surface area contributed by atoms with Crippen molar-refractivity contribution >= 4 is 11.8 Å². The van der Waals surface area contributed by atoms with E-state index in [1.165, 1.54) is 12.4 Å². The highest BCUT2D eigenvalue weighted by molar-refractivity contribution is 5.96. The van der Waals surface area contributed by atoms with Crippen LogP contribution in [0.25, 0.3) is 0 Å². The topological polar surface area (TPSA) is 91.3 Å². The van der Waals surface area contributed by atoms with E-state index >= 15 is 0 Å². The SMILES string of the molecule is O=C(NCCNC(=O)C1CC1)c1ccncc1C#CCO. The van der Waals surface area contributed by atoms with E-state index in [-0.39, 0.29) is 24.3 Å². The van der Waals surface area contributed by atoms with Crippen molar-refractivity contribution in [2.45, 2.75) is 12.8 Å². The van der Waals surface area contributed by atoms with Gasteiger partial charge in [-0.1, -0.05) is 11.8 Å². The second-order valence-electron chi connectivity index (χ2n) is 4.70. The van der Waals surface area contributed by atoms with Crippen molar-refractivity contribution in [2.24, 2.45) is 5.92 Å². The first-order chi connectivity index (χ1) is 10.2. The Morgan fingerprint density at radius 1 is 1.33 bits per heavy atom. The maximum Gasteiger partial charge on any atom is 0.252 e. The van der Waals surface area contributed by atoms with E-state index in [1.54, 1.807) is 6.07 Å². The van der Waals surface area contributed by atoms with Crippen LogP contribution in [0, 0.1) is 17.8 Å². The lowest BCUT2D eigenvalue weighted by Crippen LogP contribution is -2.35. The molecule has 0 aromatic carbocycles. The maximum absolute atomic E-state index is 12.0. The summed E-state index contributed by atoms with van der Waals surface area (Å²) in [6.07, 6.45) is 4.91. The van der Waals surface area contributed by atoms with Crippen molar-refractivity contribution in [3.8, 4) is 11.8 Å². The Morgan fingerprint density at radius 2 is 2.10 bits per heavy atom. The third-order valence-corrected chi connectivity index (χ3v) is 3.03. The minimum absolute atomic E-state index is 0.0580. The first-order valence-corrected chi connectivity index (χ1v) is 6.82. The van der Waals surface area contributed by atoms with Gasteiger partial charge in [0, 0.05) is 31.4 Å². The highest BCUT2D eigenvalue weighted by Gasteiger charge is 2.28. The Labute approximate surface area is 123 Å². The second kappa shape index (κ2) is 7.41. The number of pyridine rings is 1. The molecule has 1 fully saturated rings. The zero-order chi connectivity index (χ0) is 15.1. The molecule has 1 saturated carbocycles. The molecular weight excluding hydrogens is 270 g/mol. The van der Waals surface area contributed by atoms with Gasteiger partial charge in [-0.3, -0.25) is 14.6 Å². The Hall–Kier alpha value is -2.39. The largest absolute Gasteiger partial charge is 0.384 e. The highest BCUT2D eigenvalue weighted by Crippen LogP contribution is 2.28. The van der Waals surface area contributed by atoms with Gasteiger partial charge in [0.05, 0.1) is 11.1 Å². The Kier molecular flexibility index (Phi) is 5.29. The van der Waals surface area contributed by atoms with Crippen molar-refractivity contribution in [2.75, 3.05) is 19.7 Å². The molecule has 1 aromatic rings. The quantitative estimate of drug-likeness (QED) is 0.511. The van der Waals surface area contributed by atoms with Gasteiger partial charge in [-0.15, -0.1) is 0 Å². The molecule has 110 valence electrons. The predicted molar refractivity (Wildman–Crippen MR) is 76.3 cm³/mol. The molecule has 3 N–H and O–H groups in total. The number of amides is 2. The molecule has 6 nitrogen and oxygen atoms in total. The maximum atomic E-state index is 12.0. The molecule has 0 unspecified atom stereocenters. The number of carbonyl (C=O) groups is 2. The highest BCUT2D eigenvalue weighted by atomic mass is 16.2. The van der Waals surface area contributed by atoms with Crippen LogP contribution in [0.1, 0.15) is 28.8 Å². The van der Waals surface area contributed by atoms with Crippen LogP contribution in [0.2, 0.25) is 0 Å². The number of aromatic nitrogens is 1. The van der Waals surface area contributed by atoms with Crippen molar-refractivity contribution < 1.29 is 14.7 Å². The van der Waals surface area contributed by atoms with Crippen LogP contribution >= 0.6 is 0 Å². The summed E-state index contributed by atoms with van der Waals surface area (Å²) in [6.45, 7) is 0.486. The summed E-state index contributed by atoms with van der Waals surface area (Å²) in [5, 5.41) is 14.2. The predicted octanol–water partition coefficient (Wildman–Crippen LogP) is -0.319. The number of hydrogen-bond donors (Lipinski definition) is 3. The molecule has 2 rings (SSSR count). The lowest BCUT2D eigenvalue weighted by molar-refractivity contribution is -0.122. The summed E-state index contributed by atoms with van der Waals surface area (Å²) in [5.41, 5.74) is 0.866. The molecule has 21 heavy (non-hydrogen) atoms. The molecule has 0 aliphatic heterocycles. The average Bonchev–Trinajstić information content (AvgIpc) is 3.34. The summed E-state index contributed by atoms with van der Waals surface area (Å²) < 4.78 is 0. The Morgan fingerprint density at radius 3 is 2.81 bits per heavy atom. The molecule has 1 aliphatic rings. The van der Waals surface area contributed by atoms with E-state index in [0.29, 0.717) is 24.2 Å². The number of nitrogens with zero attached hydrogens (tertiary/aromatic N) is 1. The summed E-state index contributed by atoms with van der Waals surface area (Å²) in [4.78, 5) is 27.4. The molecule has 0 spiro atoms. The van der Waals surface area contributed by atoms with Gasteiger partial charge in [0.25, 0.3) is 5.91 Å². The van der Waals surface area contributed by atoms with E-state index in [1.807, 2.05) is 0 Å². The molecule has 1 aromatic heterocycles. The van der Waals surface area contributed by atoms with Crippen LogP contribution in [-0.4, -0.2) is 41.6 Å². The van der Waals surface area contributed by atoms with E-state index < -0.39 is 0 Å². The third-order valence-electron chi connectivity index (χ3n) is 3.03. The zero-order valence-corrected chi connectivity index (χ0v) is 11.6. The van der Waals surface area contributed by atoms with Crippen molar-refractivity contribution in [1.82, 2.24) is 15.6 Å². The summed E-state index contributed by atoms with van der Waals surface area (Å²) in [5.74, 6) is 5.12. The molecular formula is C15H17N3O3. The normalized spacial score (nSPS) is 13.0. The second-order valence-corrected chi connectivity index (χ2v) is 4.70. The lowest BCUT2D eigenvalue weighted by Gasteiger charge is -2.07. The van der Waals surface area contributed by atoms with Gasteiger partial charge in [0.2, 0.25) is 5.91 Å². The van der Waals surface area contributed by atoms with Gasteiger partial charge < -0.3 is 15.7 Å². The van der Waals surface area contributed by atoms with Gasteiger partial charge in [-0.05, 0) is 18.9 Å². The third kappa shape index (κ3) is 4.58. The van der Waals surface area contributed by atoms with Gasteiger partial charge in [0.1, 0.15) is 6.61 Å². The number of aliphatic hydroxyl groups excluding tert-OH is 1. The minimum Gasteiger partial charge on any atom is -0.384 e. The van der Waals surface area contributed by atoms with E-state index in [0.717, 1.165) is 12.8 Å². The first kappa shape index (κ1) is 15.0. The fourth-order valence-electron chi connectivity index (χ4n) is 1.77. The number of nitrogens with one attached hydrogen (secondary N) is 2. The summed E-state index contributed by atoms with van der Waals surface area (Å²) in [7, 11) is 0.